The van der Waals surface area contributed by atoms with E-state index in [-0.39, 0.29) is 47.8 Å². The first-order valence-electron chi connectivity index (χ1n) is 29.3. The van der Waals surface area contributed by atoms with E-state index < -0.39 is 29.2 Å². The van der Waals surface area contributed by atoms with Crippen LogP contribution < -0.4 is 36.7 Å². The molecule has 6 amide bonds. The number of ether oxygens (including phenoxy) is 5. The maximum Gasteiger partial charge on any atom is 0.410 e. The first-order chi connectivity index (χ1) is 40.4. The molecule has 3 saturated heterocycles. The molecule has 4 aliphatic heterocycles. The normalized spacial score (nSPS) is 17.5. The molecule has 3 aromatic carbocycles. The van der Waals surface area contributed by atoms with Gasteiger partial charge in [0, 0.05) is 93.7 Å². The van der Waals surface area contributed by atoms with Crippen molar-refractivity contribution >= 4 is 58.7 Å². The number of unbranched alkanes of at least 4 members (excludes halogenated alkanes) is 3. The number of aromatic nitrogens is 1. The summed E-state index contributed by atoms with van der Waals surface area (Å²) < 4.78 is 28.7. The largest absolute Gasteiger partial charge is 0.494 e. The predicted molar refractivity (Wildman–Crippen MR) is 316 cm³/mol. The van der Waals surface area contributed by atoms with Gasteiger partial charge in [0.25, 0.3) is 11.8 Å². The highest BCUT2D eigenvalue weighted by atomic mass is 16.6. The molecule has 84 heavy (non-hydrogen) atoms. The first kappa shape index (κ1) is 62.1. The first-order valence-corrected chi connectivity index (χ1v) is 29.3. The Morgan fingerprint density at radius 1 is 0.798 bits per heavy atom. The number of amides is 6. The summed E-state index contributed by atoms with van der Waals surface area (Å²) in [5, 5.41) is 15.4. The molecule has 0 radical (unpaired) electrons. The lowest BCUT2D eigenvalue weighted by Crippen LogP contribution is -2.59. The summed E-state index contributed by atoms with van der Waals surface area (Å²) in [4.78, 5) is 92.7. The van der Waals surface area contributed by atoms with Crippen LogP contribution in [0.2, 0.25) is 0 Å². The summed E-state index contributed by atoms with van der Waals surface area (Å²) in [6.07, 6.45) is 8.41. The smallest absolute Gasteiger partial charge is 0.410 e. The number of carbonyl (C=O) groups is 6. The van der Waals surface area contributed by atoms with Gasteiger partial charge in [-0.15, -0.1) is 0 Å². The summed E-state index contributed by atoms with van der Waals surface area (Å²) in [6.45, 7) is 14.3. The fourth-order valence-electron chi connectivity index (χ4n) is 10.6. The van der Waals surface area contributed by atoms with Gasteiger partial charge >= 0.3 is 11.9 Å². The van der Waals surface area contributed by atoms with Crippen molar-refractivity contribution in [3.8, 4) is 5.75 Å². The summed E-state index contributed by atoms with van der Waals surface area (Å²) in [7, 11) is 0. The zero-order valence-corrected chi connectivity index (χ0v) is 48.9. The van der Waals surface area contributed by atoms with E-state index in [9.17, 15) is 28.8 Å². The van der Waals surface area contributed by atoms with Crippen molar-refractivity contribution in [1.82, 2.24) is 30.3 Å². The van der Waals surface area contributed by atoms with Gasteiger partial charge < -0.3 is 59.7 Å². The number of hydrogen-bond donors (Lipinski definition) is 5. The number of carbonyl (C=O) groups excluding carboxylic acids is 6. The monoisotopic (exact) mass is 1160 g/mol. The minimum Gasteiger partial charge on any atom is -0.494 e. The van der Waals surface area contributed by atoms with Crippen molar-refractivity contribution in [3.05, 3.63) is 119 Å². The number of piperidine rings is 2. The number of nitrogens with one attached hydrogen (secondary N) is 3. The quantitative estimate of drug-likeness (QED) is 0.0244. The molecule has 0 aliphatic carbocycles. The van der Waals surface area contributed by atoms with Crippen LogP contribution in [-0.4, -0.2) is 170 Å². The van der Waals surface area contributed by atoms with Crippen molar-refractivity contribution < 1.29 is 57.9 Å². The van der Waals surface area contributed by atoms with Crippen LogP contribution in [0.15, 0.2) is 96.2 Å². The molecule has 2 atom stereocenters. The number of benzene rings is 3. The third-order valence-corrected chi connectivity index (χ3v) is 15.4. The number of rotatable bonds is 26. The fourth-order valence-corrected chi connectivity index (χ4v) is 10.6. The van der Waals surface area contributed by atoms with E-state index >= 15 is 0 Å². The van der Waals surface area contributed by atoms with Crippen LogP contribution in [0.4, 0.5) is 16.2 Å². The number of nitrogens with zero attached hydrogens (tertiary/aromatic N) is 6. The summed E-state index contributed by atoms with van der Waals surface area (Å²) >= 11 is 0. The van der Waals surface area contributed by atoms with E-state index in [1.807, 2.05) is 87.2 Å². The molecule has 1 unspecified atom stereocenters. The molecule has 450 valence electrons. The van der Waals surface area contributed by atoms with Gasteiger partial charge in [0.15, 0.2) is 0 Å². The van der Waals surface area contributed by atoms with Crippen molar-refractivity contribution in [3.63, 3.8) is 0 Å². The van der Waals surface area contributed by atoms with Crippen LogP contribution in [0, 0.1) is 0 Å². The highest BCUT2D eigenvalue weighted by molar-refractivity contribution is 6.07. The standard InChI is InChI=1S/C62H81N11O11/c1-43(66-56(76)46-10-9-11-48(40-46)69-62(59(64)68-55(63)45-20-25-65-26-21-45)23-27-72(28-24-62)60(79)84-61(2,3)4)44-12-15-50(16-13-44)83-34-8-6-5-7-33-80-36-38-82-39-37-81-35-22-54(75)71-31-29-70(30-32-71)49-14-17-51-47(41-49)42-73(58(51)78)52-18-19-53(74)67-57(52)77/h9-17,20-21,25-26,40-41,43,52,69H,5-8,18-19,22-24,27-39,42H2,1-4H3,(H,66,76)(H3,63,64,68)(H,67,74,77)/p+1/t43-,52?/m1/s1. The van der Waals surface area contributed by atoms with Crippen LogP contribution in [0.25, 0.3) is 0 Å². The third kappa shape index (κ3) is 17.3. The van der Waals surface area contributed by atoms with Crippen LogP contribution in [0.1, 0.15) is 129 Å². The molecule has 8 rings (SSSR count). The predicted octanol–water partition coefficient (Wildman–Crippen LogP) is 4.81. The Hall–Kier alpha value is -7.95. The van der Waals surface area contributed by atoms with Crippen LogP contribution in [-0.2, 0) is 39.9 Å². The van der Waals surface area contributed by atoms with Gasteiger partial charge in [-0.3, -0.25) is 39.7 Å². The number of anilines is 2. The minimum atomic E-state index is -0.888. The molecule has 22 nitrogen and oxygen atoms in total. The highest BCUT2D eigenvalue weighted by Crippen LogP contribution is 2.33. The number of amidine groups is 2. The maximum atomic E-state index is 13.7. The minimum absolute atomic E-state index is 0.0500. The Kier molecular flexibility index (Phi) is 21.8. The molecule has 7 N–H and O–H groups in total. The van der Waals surface area contributed by atoms with Gasteiger partial charge in [0.1, 0.15) is 22.9 Å². The lowest BCUT2D eigenvalue weighted by Gasteiger charge is -2.41. The van der Waals surface area contributed by atoms with E-state index in [2.05, 4.69) is 30.8 Å². The number of fused-ring (bicyclic) bond motifs is 1. The molecule has 3 fully saturated rings. The average molecular weight is 1160 g/mol. The zero-order chi connectivity index (χ0) is 59.6. The van der Waals surface area contributed by atoms with Crippen LogP contribution in [0.5, 0.6) is 5.75 Å². The van der Waals surface area contributed by atoms with Gasteiger partial charge in [0.2, 0.25) is 23.6 Å². The Morgan fingerprint density at radius 3 is 2.17 bits per heavy atom. The van der Waals surface area contributed by atoms with Crippen molar-refractivity contribution in [1.29, 1.82) is 0 Å². The molecule has 5 heterocycles. The lowest BCUT2D eigenvalue weighted by molar-refractivity contribution is -0.137. The summed E-state index contributed by atoms with van der Waals surface area (Å²) in [5.74, 6) is 0.131. The second-order valence-corrected chi connectivity index (χ2v) is 22.6. The zero-order valence-electron chi connectivity index (χ0n) is 48.9. The molecule has 4 aromatic rings. The molecule has 0 bridgehead atoms. The number of piperazine rings is 1. The van der Waals surface area contributed by atoms with E-state index in [1.54, 1.807) is 46.5 Å². The van der Waals surface area contributed by atoms with E-state index in [1.165, 1.54) is 0 Å². The van der Waals surface area contributed by atoms with E-state index in [4.69, 9.17) is 34.8 Å². The Labute approximate surface area is 491 Å². The van der Waals surface area contributed by atoms with Gasteiger partial charge in [-0.2, -0.15) is 0 Å². The number of likely N-dealkylation sites (tertiary alicyclic amines) is 1. The van der Waals surface area contributed by atoms with Crippen LogP contribution in [0.3, 0.4) is 0 Å². The van der Waals surface area contributed by atoms with Crippen molar-refractivity contribution in [2.75, 3.05) is 95.7 Å². The SMILES string of the molecule is C[C@@H](NC(=O)c1cccc(NC2(C(N)=NC(=[NH2+])c3ccncc3)CCN(C(=O)OC(C)(C)C)CC2)c1)c1ccc(OCCCCCCOCCOCCOCCC(=O)N2CCN(c3ccc4c(c3)CN(C3CCC(=O)NC3=O)C4=O)CC2)cc1. The number of aliphatic imine (C=N–C) groups is 1. The molecular weight excluding hydrogens is 1070 g/mol. The fraction of sp³-hybridized carbons (Fsp3) is 0.500. The number of hydrogen-bond acceptors (Lipinski definition) is 14. The topological polar surface area (TPSA) is 274 Å². The summed E-state index contributed by atoms with van der Waals surface area (Å²) in [6, 6.07) is 23.3. The number of nitrogens with two attached hydrogens (primary N) is 2. The average Bonchev–Trinajstić information content (AvgIpc) is 3.01. The molecule has 22 heteroatoms. The van der Waals surface area contributed by atoms with Crippen LogP contribution >= 0.6 is 0 Å². The molecule has 0 saturated carbocycles. The molecule has 1 aromatic heterocycles. The number of imide groups is 1. The van der Waals surface area contributed by atoms with Gasteiger partial charge in [-0.25, -0.2) is 4.79 Å². The molecule has 4 aliphatic rings. The second-order valence-electron chi connectivity index (χ2n) is 22.6. The lowest BCUT2D eigenvalue weighted by atomic mass is 9.85. The van der Waals surface area contributed by atoms with E-state index in [0.717, 1.165) is 48.2 Å². The maximum absolute atomic E-state index is 13.7. The highest BCUT2D eigenvalue weighted by Gasteiger charge is 2.44. The third-order valence-electron chi connectivity index (χ3n) is 15.4. The van der Waals surface area contributed by atoms with Gasteiger partial charge in [0.05, 0.1) is 57.7 Å². The van der Waals surface area contributed by atoms with Crippen molar-refractivity contribution in [2.24, 2.45) is 10.7 Å². The summed E-state index contributed by atoms with van der Waals surface area (Å²) in [5.41, 5.74) is 10.4. The van der Waals surface area contributed by atoms with Gasteiger partial charge in [-0.05, 0) is 143 Å². The van der Waals surface area contributed by atoms with Crippen molar-refractivity contribution in [2.45, 2.75) is 115 Å². The second kappa shape index (κ2) is 29.5. The Morgan fingerprint density at radius 2 is 1.48 bits per heavy atom. The van der Waals surface area contributed by atoms with E-state index in [0.29, 0.717) is 140 Å². The Balaban J connectivity index is 0.643. The van der Waals surface area contributed by atoms with Gasteiger partial charge in [-0.1, -0.05) is 24.6 Å². The molecular formula is C62H82N11O11+. The molecule has 0 spiro atoms. The Bertz CT molecular complexity index is 2960. The number of pyridine rings is 1.